The van der Waals surface area contributed by atoms with Gasteiger partial charge in [-0.05, 0) is 11.5 Å². The normalized spacial score (nSPS) is 27.2. The minimum absolute atomic E-state index is 0.0242. The van der Waals surface area contributed by atoms with Crippen LogP contribution in [0.5, 0.6) is 0 Å². The van der Waals surface area contributed by atoms with E-state index in [2.05, 4.69) is 28.8 Å². The molecule has 0 spiro atoms. The maximum Gasteiger partial charge on any atom is 0.570 e. The molecule has 13 heteroatoms. The monoisotopic (exact) mass is 464 g/mol. The van der Waals surface area contributed by atoms with Crippen LogP contribution in [-0.4, -0.2) is 59.3 Å². The number of hydrogen-bond acceptors (Lipinski definition) is 10. The number of aliphatic hydroxyl groups is 1. The first-order valence-electron chi connectivity index (χ1n) is 10.0. The number of aliphatic hydroxyl groups excluding tert-OH is 1. The van der Waals surface area contributed by atoms with Crippen LogP contribution in [0, 0.1) is 0 Å². The minimum atomic E-state index is -4.05. The molecule has 12 nitrogen and oxygen atoms in total. The lowest BCUT2D eigenvalue weighted by Crippen LogP contribution is -2.40. The molecule has 3 aromatic rings. The first kappa shape index (κ1) is 21.4. The Kier molecular flexibility index (Phi) is 5.06. The molecule has 0 bridgehead atoms. The van der Waals surface area contributed by atoms with Crippen LogP contribution in [0.3, 0.4) is 0 Å². The van der Waals surface area contributed by atoms with Crippen LogP contribution in [0.4, 0.5) is 5.95 Å². The lowest BCUT2D eigenvalue weighted by atomic mass is 10.0. The van der Waals surface area contributed by atoms with Crippen LogP contribution >= 0.6 is 8.17 Å². The van der Waals surface area contributed by atoms with Crippen LogP contribution in [0.2, 0.25) is 0 Å². The van der Waals surface area contributed by atoms with E-state index in [1.165, 1.54) is 4.57 Å². The molecule has 2 fully saturated rings. The SMILES string of the molecule is CC(C)c1ccc(-c2nc3c(=O)[nH]c(N)nc3n2[C@@H]2OC3CO[P+](O)(O)O[C@H]3C2O)cc1. The molecular formula is C19H23N5O7P+. The minimum Gasteiger partial charge on any atom is -0.385 e. The van der Waals surface area contributed by atoms with Gasteiger partial charge < -0.3 is 15.6 Å². The second-order valence-corrected chi connectivity index (χ2v) is 9.57. The summed E-state index contributed by atoms with van der Waals surface area (Å²) >= 11 is 0. The standard InChI is InChI=1S/C19H22N5O7P/c1-8(2)9-3-5-10(6-4-9)15-21-12-16(22-19(20)23-17(12)26)24(15)18-13(25)14-11(30-18)7-29-32(27,28)31-14/h3-6,8,11,13-14,18,25,27-28H,7H2,1-2H3,(H2-,20,22,23,26)/p+1/t11?,13?,14-,18-/m1/s1. The van der Waals surface area contributed by atoms with Crippen LogP contribution in [0.25, 0.3) is 22.6 Å². The molecule has 2 aliphatic rings. The zero-order valence-electron chi connectivity index (χ0n) is 17.2. The lowest BCUT2D eigenvalue weighted by Gasteiger charge is -2.24. The Hall–Kier alpha value is -2.44. The van der Waals surface area contributed by atoms with E-state index in [4.69, 9.17) is 19.5 Å². The highest BCUT2D eigenvalue weighted by Crippen LogP contribution is 2.59. The van der Waals surface area contributed by atoms with Gasteiger partial charge in [0.2, 0.25) is 5.95 Å². The molecule has 2 aromatic heterocycles. The van der Waals surface area contributed by atoms with E-state index in [9.17, 15) is 19.7 Å². The van der Waals surface area contributed by atoms with Crippen molar-refractivity contribution in [1.29, 1.82) is 0 Å². The molecule has 2 unspecified atom stereocenters. The van der Waals surface area contributed by atoms with Crippen molar-refractivity contribution in [2.45, 2.75) is 44.3 Å². The van der Waals surface area contributed by atoms with Gasteiger partial charge in [0.25, 0.3) is 5.56 Å². The van der Waals surface area contributed by atoms with Gasteiger partial charge in [-0.15, -0.1) is 4.52 Å². The maximum absolute atomic E-state index is 12.5. The highest BCUT2D eigenvalue weighted by molar-refractivity contribution is 7.54. The zero-order chi connectivity index (χ0) is 22.8. The number of aromatic amines is 1. The summed E-state index contributed by atoms with van der Waals surface area (Å²) in [6.45, 7) is 3.97. The van der Waals surface area contributed by atoms with Gasteiger partial charge >= 0.3 is 8.17 Å². The van der Waals surface area contributed by atoms with Gasteiger partial charge in [-0.1, -0.05) is 38.1 Å². The quantitative estimate of drug-likeness (QED) is 0.349. The Balaban J connectivity index is 1.66. The molecule has 0 radical (unpaired) electrons. The van der Waals surface area contributed by atoms with Gasteiger partial charge in [0.05, 0.1) is 0 Å². The Bertz CT molecular complexity index is 1230. The third-order valence-electron chi connectivity index (χ3n) is 5.63. The van der Waals surface area contributed by atoms with Gasteiger partial charge in [0, 0.05) is 5.56 Å². The van der Waals surface area contributed by atoms with E-state index in [0.717, 1.165) is 5.56 Å². The van der Waals surface area contributed by atoms with Gasteiger partial charge in [-0.25, -0.2) is 4.98 Å². The summed E-state index contributed by atoms with van der Waals surface area (Å²) in [5, 5.41) is 11.0. The highest BCUT2D eigenvalue weighted by atomic mass is 31.2. The van der Waals surface area contributed by atoms with Crippen molar-refractivity contribution in [3.8, 4) is 11.4 Å². The third-order valence-corrected chi connectivity index (χ3v) is 6.64. The number of hydrogen-bond donors (Lipinski definition) is 5. The third kappa shape index (κ3) is 3.50. The predicted octanol–water partition coefficient (Wildman–Crippen LogP) is 0.828. The van der Waals surface area contributed by atoms with Crippen LogP contribution in [-0.2, 0) is 13.8 Å². The molecule has 0 aliphatic carbocycles. The molecule has 6 N–H and O–H groups in total. The number of benzene rings is 1. The highest BCUT2D eigenvalue weighted by Gasteiger charge is 2.60. The van der Waals surface area contributed by atoms with Crippen LogP contribution in [0.15, 0.2) is 29.1 Å². The lowest BCUT2D eigenvalue weighted by molar-refractivity contribution is -0.0745. The van der Waals surface area contributed by atoms with Gasteiger partial charge in [0.15, 0.2) is 23.5 Å². The molecule has 1 aromatic carbocycles. The number of imidazole rings is 1. The molecule has 2 aliphatic heterocycles. The topological polar surface area (TPSA) is 178 Å². The van der Waals surface area contributed by atoms with E-state index < -0.39 is 38.3 Å². The van der Waals surface area contributed by atoms with Crippen molar-refractivity contribution in [3.63, 3.8) is 0 Å². The number of H-pyrrole nitrogens is 1. The van der Waals surface area contributed by atoms with Crippen molar-refractivity contribution < 1.29 is 28.7 Å². The number of aromatic nitrogens is 4. The molecule has 4 heterocycles. The van der Waals surface area contributed by atoms with E-state index >= 15 is 0 Å². The smallest absolute Gasteiger partial charge is 0.385 e. The second-order valence-electron chi connectivity index (χ2n) is 8.12. The molecule has 4 atom stereocenters. The zero-order valence-corrected chi connectivity index (χ0v) is 18.1. The number of nitrogens with one attached hydrogen (secondary N) is 1. The van der Waals surface area contributed by atoms with E-state index in [1.807, 2.05) is 24.3 Å². The van der Waals surface area contributed by atoms with Crippen molar-refractivity contribution in [1.82, 2.24) is 19.5 Å². The molecule has 32 heavy (non-hydrogen) atoms. The van der Waals surface area contributed by atoms with Crippen molar-refractivity contribution in [2.75, 3.05) is 12.3 Å². The summed E-state index contributed by atoms with van der Waals surface area (Å²) < 4.78 is 17.5. The number of fused-ring (bicyclic) bond motifs is 2. The fraction of sp³-hybridized carbons (Fsp3) is 0.421. The Morgan fingerprint density at radius 2 is 1.97 bits per heavy atom. The van der Waals surface area contributed by atoms with Gasteiger partial charge in [-0.3, -0.25) is 14.3 Å². The van der Waals surface area contributed by atoms with Gasteiger partial charge in [-0.2, -0.15) is 19.3 Å². The van der Waals surface area contributed by atoms with Crippen LogP contribution in [0.1, 0.15) is 31.6 Å². The first-order valence-corrected chi connectivity index (χ1v) is 11.6. The number of anilines is 1. The summed E-state index contributed by atoms with van der Waals surface area (Å²) in [7, 11) is -4.05. The summed E-state index contributed by atoms with van der Waals surface area (Å²) in [6, 6.07) is 7.62. The summed E-state index contributed by atoms with van der Waals surface area (Å²) in [4.78, 5) is 43.2. The summed E-state index contributed by atoms with van der Waals surface area (Å²) in [5.41, 5.74) is 7.16. The second kappa shape index (κ2) is 7.56. The average molecular weight is 464 g/mol. The summed E-state index contributed by atoms with van der Waals surface area (Å²) in [5.74, 6) is 0.537. The molecule has 5 rings (SSSR count). The van der Waals surface area contributed by atoms with E-state index in [1.54, 1.807) is 0 Å². The number of nitrogens with two attached hydrogens (primary N) is 1. The average Bonchev–Trinajstić information content (AvgIpc) is 3.25. The predicted molar refractivity (Wildman–Crippen MR) is 114 cm³/mol. The van der Waals surface area contributed by atoms with Crippen LogP contribution < -0.4 is 11.3 Å². The Morgan fingerprint density at radius 1 is 1.25 bits per heavy atom. The Morgan fingerprint density at radius 3 is 2.66 bits per heavy atom. The molecule has 2 saturated heterocycles. The molecule has 170 valence electrons. The molecule has 0 saturated carbocycles. The molecule has 0 amide bonds. The fourth-order valence-corrected chi connectivity index (χ4v) is 5.00. The maximum atomic E-state index is 12.5. The van der Waals surface area contributed by atoms with E-state index in [0.29, 0.717) is 17.3 Å². The Labute approximate surface area is 182 Å². The van der Waals surface area contributed by atoms with Gasteiger partial charge in [0.1, 0.15) is 24.6 Å². The van der Waals surface area contributed by atoms with E-state index in [-0.39, 0.29) is 23.7 Å². The number of ether oxygens (including phenoxy) is 1. The first-order chi connectivity index (χ1) is 15.1. The number of nitrogen functional groups attached to an aromatic ring is 1. The van der Waals surface area contributed by atoms with Crippen molar-refractivity contribution in [2.24, 2.45) is 0 Å². The van der Waals surface area contributed by atoms with Crippen molar-refractivity contribution >= 4 is 25.3 Å². The van der Waals surface area contributed by atoms with Crippen molar-refractivity contribution in [3.05, 3.63) is 40.2 Å². The fourth-order valence-electron chi connectivity index (χ4n) is 4.02. The molecular weight excluding hydrogens is 441 g/mol. The summed E-state index contributed by atoms with van der Waals surface area (Å²) in [6.07, 6.45) is -4.23. The number of rotatable bonds is 3. The number of nitrogens with zero attached hydrogens (tertiary/aromatic N) is 3. The largest absolute Gasteiger partial charge is 0.570 e.